The maximum absolute atomic E-state index is 12.6. The quantitative estimate of drug-likeness (QED) is 0.849. The van der Waals surface area contributed by atoms with Crippen LogP contribution in [0.4, 0.5) is 11.4 Å². The van der Waals surface area contributed by atoms with Gasteiger partial charge in [-0.2, -0.15) is 0 Å². The van der Waals surface area contributed by atoms with Gasteiger partial charge in [0.15, 0.2) is 0 Å². The van der Waals surface area contributed by atoms with Crippen LogP contribution in [-0.4, -0.2) is 28.4 Å². The van der Waals surface area contributed by atoms with Gasteiger partial charge >= 0.3 is 0 Å². The first-order valence-electron chi connectivity index (χ1n) is 6.82. The first kappa shape index (κ1) is 17.3. The van der Waals surface area contributed by atoms with Gasteiger partial charge in [-0.25, -0.2) is 8.42 Å². The molecule has 0 spiro atoms. The summed E-state index contributed by atoms with van der Waals surface area (Å²) in [6, 6.07) is 12.7. The molecule has 0 unspecified atom stereocenters. The summed E-state index contributed by atoms with van der Waals surface area (Å²) in [5.41, 5.74) is 1.19. The van der Waals surface area contributed by atoms with Crippen LogP contribution in [0.25, 0.3) is 0 Å². The van der Waals surface area contributed by atoms with Gasteiger partial charge in [0, 0.05) is 31.7 Å². The Labute approximate surface area is 141 Å². The van der Waals surface area contributed by atoms with Gasteiger partial charge in [0.1, 0.15) is 0 Å². The SMILES string of the molecule is CC(=O)N(C)c1ccc(N(C)S(=O)(=O)c2ccc(Cl)cc2)cc1. The molecule has 122 valence electrons. The number of benzene rings is 2. The zero-order valence-electron chi connectivity index (χ0n) is 13.0. The van der Waals surface area contributed by atoms with Crippen LogP contribution in [-0.2, 0) is 14.8 Å². The van der Waals surface area contributed by atoms with Crippen molar-refractivity contribution in [3.05, 3.63) is 53.6 Å². The number of halogens is 1. The van der Waals surface area contributed by atoms with E-state index in [0.717, 1.165) is 0 Å². The standard InChI is InChI=1S/C16H17ClN2O3S/c1-12(20)18(2)14-6-8-15(9-7-14)19(3)23(21,22)16-10-4-13(17)5-11-16/h4-11H,1-3H3. The summed E-state index contributed by atoms with van der Waals surface area (Å²) >= 11 is 5.79. The van der Waals surface area contributed by atoms with Crippen LogP contribution in [0.3, 0.4) is 0 Å². The van der Waals surface area contributed by atoms with Gasteiger partial charge in [0.05, 0.1) is 10.6 Å². The second-order valence-corrected chi connectivity index (χ2v) is 7.43. The van der Waals surface area contributed by atoms with Crippen LogP contribution in [0.15, 0.2) is 53.4 Å². The summed E-state index contributed by atoms with van der Waals surface area (Å²) in [5.74, 6) is -0.0973. The summed E-state index contributed by atoms with van der Waals surface area (Å²) < 4.78 is 26.4. The molecule has 0 aromatic heterocycles. The highest BCUT2D eigenvalue weighted by molar-refractivity contribution is 7.92. The Morgan fingerprint density at radius 1 is 0.913 bits per heavy atom. The second kappa shape index (κ2) is 6.60. The Morgan fingerprint density at radius 3 is 1.87 bits per heavy atom. The lowest BCUT2D eigenvalue weighted by atomic mass is 10.2. The summed E-state index contributed by atoms with van der Waals surface area (Å²) in [6.07, 6.45) is 0. The highest BCUT2D eigenvalue weighted by atomic mass is 35.5. The molecule has 0 bridgehead atoms. The molecule has 2 aromatic rings. The second-order valence-electron chi connectivity index (χ2n) is 5.02. The Hall–Kier alpha value is -2.05. The first-order valence-corrected chi connectivity index (χ1v) is 8.64. The van der Waals surface area contributed by atoms with Gasteiger partial charge in [-0.15, -0.1) is 0 Å². The monoisotopic (exact) mass is 352 g/mol. The van der Waals surface area contributed by atoms with Gasteiger partial charge in [-0.3, -0.25) is 9.10 Å². The number of nitrogens with zero attached hydrogens (tertiary/aromatic N) is 2. The molecule has 1 amide bonds. The summed E-state index contributed by atoms with van der Waals surface area (Å²) in [4.78, 5) is 13.0. The molecule has 0 aliphatic carbocycles. The lowest BCUT2D eigenvalue weighted by molar-refractivity contribution is -0.116. The van der Waals surface area contributed by atoms with E-state index in [0.29, 0.717) is 16.4 Å². The number of amides is 1. The molecule has 0 aliphatic heterocycles. The third kappa shape index (κ3) is 3.65. The van der Waals surface area contributed by atoms with Gasteiger partial charge in [0.25, 0.3) is 10.0 Å². The lowest BCUT2D eigenvalue weighted by Gasteiger charge is -2.21. The van der Waals surface area contributed by atoms with E-state index in [1.165, 1.54) is 47.4 Å². The van der Waals surface area contributed by atoms with Crippen molar-refractivity contribution in [1.29, 1.82) is 0 Å². The minimum atomic E-state index is -3.66. The van der Waals surface area contributed by atoms with Crippen molar-refractivity contribution in [3.63, 3.8) is 0 Å². The summed E-state index contributed by atoms with van der Waals surface area (Å²) in [5, 5.41) is 0.475. The van der Waals surface area contributed by atoms with Crippen molar-refractivity contribution in [2.45, 2.75) is 11.8 Å². The van der Waals surface area contributed by atoms with Crippen LogP contribution < -0.4 is 9.21 Å². The average molecular weight is 353 g/mol. The predicted octanol–water partition coefficient (Wildman–Crippen LogP) is 3.15. The average Bonchev–Trinajstić information content (AvgIpc) is 2.54. The number of hydrogen-bond donors (Lipinski definition) is 0. The van der Waals surface area contributed by atoms with Crippen LogP contribution in [0.1, 0.15) is 6.92 Å². The Bertz CT molecular complexity index is 802. The highest BCUT2D eigenvalue weighted by Gasteiger charge is 2.21. The predicted molar refractivity (Wildman–Crippen MR) is 92.6 cm³/mol. The normalized spacial score (nSPS) is 11.1. The van der Waals surface area contributed by atoms with E-state index in [1.54, 1.807) is 31.3 Å². The minimum absolute atomic E-state index is 0.0973. The fourth-order valence-electron chi connectivity index (χ4n) is 1.97. The number of sulfonamides is 1. The zero-order chi connectivity index (χ0) is 17.2. The smallest absolute Gasteiger partial charge is 0.264 e. The van der Waals surface area contributed by atoms with Gasteiger partial charge in [-0.05, 0) is 48.5 Å². The van der Waals surface area contributed by atoms with E-state index in [9.17, 15) is 13.2 Å². The summed E-state index contributed by atoms with van der Waals surface area (Å²) in [7, 11) is -0.526. The van der Waals surface area contributed by atoms with Gasteiger partial charge in [-0.1, -0.05) is 11.6 Å². The number of anilines is 2. The van der Waals surface area contributed by atoms with Crippen molar-refractivity contribution in [3.8, 4) is 0 Å². The molecule has 0 fully saturated rings. The molecule has 23 heavy (non-hydrogen) atoms. The molecule has 2 rings (SSSR count). The van der Waals surface area contributed by atoms with Crippen LogP contribution in [0, 0.1) is 0 Å². The van der Waals surface area contributed by atoms with E-state index < -0.39 is 10.0 Å². The molecular weight excluding hydrogens is 336 g/mol. The molecule has 0 heterocycles. The molecule has 0 aliphatic rings. The van der Waals surface area contributed by atoms with E-state index in [-0.39, 0.29) is 10.8 Å². The molecule has 0 atom stereocenters. The number of hydrogen-bond acceptors (Lipinski definition) is 3. The molecule has 0 saturated carbocycles. The third-order valence-electron chi connectivity index (χ3n) is 3.54. The van der Waals surface area contributed by atoms with Gasteiger partial charge in [0.2, 0.25) is 5.91 Å². The molecule has 5 nitrogen and oxygen atoms in total. The summed E-state index contributed by atoms with van der Waals surface area (Å²) in [6.45, 7) is 1.46. The number of rotatable bonds is 4. The third-order valence-corrected chi connectivity index (χ3v) is 5.60. The molecule has 2 aromatic carbocycles. The van der Waals surface area contributed by atoms with Crippen LogP contribution in [0.2, 0.25) is 5.02 Å². The van der Waals surface area contributed by atoms with E-state index in [1.807, 2.05) is 0 Å². The number of carbonyl (C=O) groups is 1. The van der Waals surface area contributed by atoms with Crippen LogP contribution >= 0.6 is 11.6 Å². The fraction of sp³-hybridized carbons (Fsp3) is 0.188. The molecular formula is C16H17ClN2O3S. The largest absolute Gasteiger partial charge is 0.316 e. The maximum Gasteiger partial charge on any atom is 0.264 e. The van der Waals surface area contributed by atoms with Crippen molar-refractivity contribution >= 4 is 38.9 Å². The topological polar surface area (TPSA) is 57.7 Å². The lowest BCUT2D eigenvalue weighted by Crippen LogP contribution is -2.27. The van der Waals surface area contributed by atoms with E-state index in [2.05, 4.69) is 0 Å². The molecule has 7 heteroatoms. The molecule has 0 saturated heterocycles. The van der Waals surface area contributed by atoms with Gasteiger partial charge < -0.3 is 4.90 Å². The Kier molecular flexibility index (Phi) is 4.97. The zero-order valence-corrected chi connectivity index (χ0v) is 14.6. The molecule has 0 radical (unpaired) electrons. The maximum atomic E-state index is 12.6. The van der Waals surface area contributed by atoms with E-state index in [4.69, 9.17) is 11.6 Å². The highest BCUT2D eigenvalue weighted by Crippen LogP contribution is 2.25. The minimum Gasteiger partial charge on any atom is -0.316 e. The Morgan fingerprint density at radius 2 is 1.39 bits per heavy atom. The van der Waals surface area contributed by atoms with E-state index >= 15 is 0 Å². The first-order chi connectivity index (χ1) is 10.7. The molecule has 0 N–H and O–H groups in total. The Balaban J connectivity index is 2.31. The number of carbonyl (C=O) groups excluding carboxylic acids is 1. The van der Waals surface area contributed by atoms with Crippen molar-refractivity contribution in [2.75, 3.05) is 23.3 Å². The van der Waals surface area contributed by atoms with Crippen molar-refractivity contribution in [2.24, 2.45) is 0 Å². The van der Waals surface area contributed by atoms with Crippen molar-refractivity contribution in [1.82, 2.24) is 0 Å². The van der Waals surface area contributed by atoms with Crippen molar-refractivity contribution < 1.29 is 13.2 Å². The fourth-order valence-corrected chi connectivity index (χ4v) is 3.29. The van der Waals surface area contributed by atoms with Crippen LogP contribution in [0.5, 0.6) is 0 Å².